The van der Waals surface area contributed by atoms with E-state index >= 15 is 0 Å². The van der Waals surface area contributed by atoms with E-state index in [0.717, 1.165) is 19.3 Å². The lowest BCUT2D eigenvalue weighted by Gasteiger charge is -2.23. The number of Topliss-reactive ketones (excluding diaryl/α,β-unsaturated/α-hetero) is 1. The number of ketones is 1. The molecule has 0 aromatic heterocycles. The van der Waals surface area contributed by atoms with Crippen LogP contribution in [0, 0.1) is 5.92 Å². The van der Waals surface area contributed by atoms with Gasteiger partial charge in [-0.3, -0.25) is 24.0 Å². The molecule has 0 saturated heterocycles. The molecule has 2 amide bonds. The zero-order chi connectivity index (χ0) is 38.7. The standard InChI is InChI=1S/C40H74N2O10/c1-5-6-7-8-9-10-11-12-13-14-15-16-17-20-35(43)33-34(39(48)52-40(2,3)4)21-22-36(44)41-25-18-27-49-29-31-51-32-30-50-28-19-26-42-37(45)23-24-38(46)47/h34H,5-33H2,1-4H3,(H,41,44)(H,42,45)(H,46,47). The summed E-state index contributed by atoms with van der Waals surface area (Å²) < 4.78 is 22.0. The van der Waals surface area contributed by atoms with Crippen LogP contribution in [0.1, 0.15) is 163 Å². The van der Waals surface area contributed by atoms with E-state index in [1.165, 1.54) is 64.2 Å². The third kappa shape index (κ3) is 35.8. The molecule has 0 bridgehead atoms. The molecule has 0 aliphatic heterocycles. The number of rotatable bonds is 37. The SMILES string of the molecule is CCCCCCCCCCCCCCCC(=O)CC(CCC(=O)NCCCOCCOCCOCCCNC(=O)CCC(=O)O)C(=O)OC(C)(C)C. The number of hydrogen-bond donors (Lipinski definition) is 3. The Balaban J connectivity index is 3.97. The third-order valence-electron chi connectivity index (χ3n) is 8.38. The smallest absolute Gasteiger partial charge is 0.309 e. The number of unbranched alkanes of at least 4 members (excludes halogenated alkanes) is 12. The van der Waals surface area contributed by atoms with Crippen molar-refractivity contribution in [2.45, 2.75) is 168 Å². The molecule has 0 rings (SSSR count). The number of amides is 2. The second kappa shape index (κ2) is 34.2. The van der Waals surface area contributed by atoms with E-state index in [1.54, 1.807) is 20.8 Å². The number of nitrogens with one attached hydrogen (secondary N) is 2. The van der Waals surface area contributed by atoms with Crippen LogP contribution in [-0.4, -0.2) is 93.0 Å². The van der Waals surface area contributed by atoms with Gasteiger partial charge in [0.05, 0.1) is 38.8 Å². The van der Waals surface area contributed by atoms with E-state index in [2.05, 4.69) is 17.6 Å². The molecule has 0 aromatic rings. The van der Waals surface area contributed by atoms with Crippen LogP contribution in [0.5, 0.6) is 0 Å². The highest BCUT2D eigenvalue weighted by Gasteiger charge is 2.27. The minimum atomic E-state index is -0.994. The van der Waals surface area contributed by atoms with Gasteiger partial charge in [0.15, 0.2) is 0 Å². The normalized spacial score (nSPS) is 12.0. The quantitative estimate of drug-likeness (QED) is 0.0442. The summed E-state index contributed by atoms with van der Waals surface area (Å²) in [5, 5.41) is 14.1. The first-order chi connectivity index (χ1) is 24.9. The Morgan fingerprint density at radius 2 is 1.00 bits per heavy atom. The van der Waals surface area contributed by atoms with E-state index in [-0.39, 0.29) is 49.7 Å². The summed E-state index contributed by atoms with van der Waals surface area (Å²) in [6, 6.07) is 0. The predicted octanol–water partition coefficient (Wildman–Crippen LogP) is 7.09. The van der Waals surface area contributed by atoms with Gasteiger partial charge in [-0.2, -0.15) is 0 Å². The third-order valence-corrected chi connectivity index (χ3v) is 8.38. The lowest BCUT2D eigenvalue weighted by Crippen LogP contribution is -2.31. The van der Waals surface area contributed by atoms with Gasteiger partial charge in [-0.25, -0.2) is 0 Å². The number of carboxylic acid groups (broad SMARTS) is 1. The highest BCUT2D eigenvalue weighted by atomic mass is 16.6. The molecule has 0 aliphatic carbocycles. The van der Waals surface area contributed by atoms with E-state index in [0.29, 0.717) is 72.0 Å². The number of carboxylic acids is 1. The van der Waals surface area contributed by atoms with Crippen LogP contribution in [0.25, 0.3) is 0 Å². The molecular formula is C40H74N2O10. The van der Waals surface area contributed by atoms with Gasteiger partial charge in [-0.05, 0) is 46.5 Å². The largest absolute Gasteiger partial charge is 0.481 e. The van der Waals surface area contributed by atoms with Crippen LogP contribution in [0.4, 0.5) is 0 Å². The molecule has 1 unspecified atom stereocenters. The van der Waals surface area contributed by atoms with Crippen molar-refractivity contribution in [3.63, 3.8) is 0 Å². The van der Waals surface area contributed by atoms with Crippen molar-refractivity contribution in [1.29, 1.82) is 0 Å². The monoisotopic (exact) mass is 743 g/mol. The summed E-state index contributed by atoms with van der Waals surface area (Å²) in [4.78, 5) is 60.0. The summed E-state index contributed by atoms with van der Waals surface area (Å²) in [6.45, 7) is 11.1. The van der Waals surface area contributed by atoms with Crippen LogP contribution in [0.15, 0.2) is 0 Å². The first-order valence-electron chi connectivity index (χ1n) is 20.2. The maximum atomic E-state index is 12.9. The van der Waals surface area contributed by atoms with Gasteiger partial charge in [-0.1, -0.05) is 84.0 Å². The minimum Gasteiger partial charge on any atom is -0.481 e. The number of esters is 1. The average molecular weight is 743 g/mol. The van der Waals surface area contributed by atoms with Crippen molar-refractivity contribution >= 4 is 29.5 Å². The van der Waals surface area contributed by atoms with Crippen molar-refractivity contribution < 1.29 is 48.0 Å². The molecule has 0 saturated carbocycles. The summed E-state index contributed by atoms with van der Waals surface area (Å²) in [5.74, 6) is -2.43. The lowest BCUT2D eigenvalue weighted by atomic mass is 9.94. The van der Waals surface area contributed by atoms with Crippen molar-refractivity contribution in [3.8, 4) is 0 Å². The fourth-order valence-corrected chi connectivity index (χ4v) is 5.45. The predicted molar refractivity (Wildman–Crippen MR) is 203 cm³/mol. The van der Waals surface area contributed by atoms with Gasteiger partial charge in [0.1, 0.15) is 11.4 Å². The van der Waals surface area contributed by atoms with E-state index in [4.69, 9.17) is 24.1 Å². The fourth-order valence-electron chi connectivity index (χ4n) is 5.45. The molecule has 0 fully saturated rings. The van der Waals surface area contributed by atoms with Crippen LogP contribution in [-0.2, 0) is 42.9 Å². The Morgan fingerprint density at radius 3 is 1.46 bits per heavy atom. The second-order valence-corrected chi connectivity index (χ2v) is 14.6. The Bertz CT molecular complexity index is 938. The summed E-state index contributed by atoms with van der Waals surface area (Å²) >= 11 is 0. The van der Waals surface area contributed by atoms with Gasteiger partial charge in [0, 0.05) is 52.0 Å². The zero-order valence-corrected chi connectivity index (χ0v) is 33.2. The van der Waals surface area contributed by atoms with Crippen molar-refractivity contribution in [1.82, 2.24) is 10.6 Å². The summed E-state index contributed by atoms with van der Waals surface area (Å²) in [6.07, 6.45) is 18.3. The molecule has 52 heavy (non-hydrogen) atoms. The Hall–Kier alpha value is -2.57. The van der Waals surface area contributed by atoms with E-state index in [9.17, 15) is 24.0 Å². The number of carbonyl (C=O) groups is 5. The molecule has 0 radical (unpaired) electrons. The van der Waals surface area contributed by atoms with Crippen molar-refractivity contribution in [3.05, 3.63) is 0 Å². The molecule has 0 heterocycles. The topological polar surface area (TPSA) is 167 Å². The van der Waals surface area contributed by atoms with Crippen molar-refractivity contribution in [2.75, 3.05) is 52.7 Å². The lowest BCUT2D eigenvalue weighted by molar-refractivity contribution is -0.161. The maximum absolute atomic E-state index is 12.9. The van der Waals surface area contributed by atoms with Gasteiger partial charge < -0.3 is 34.7 Å². The molecule has 3 N–H and O–H groups in total. The minimum absolute atomic E-state index is 0.0256. The summed E-state index contributed by atoms with van der Waals surface area (Å²) in [7, 11) is 0. The molecule has 1 atom stereocenters. The molecule has 0 spiro atoms. The highest BCUT2D eigenvalue weighted by molar-refractivity contribution is 5.85. The van der Waals surface area contributed by atoms with Gasteiger partial charge in [-0.15, -0.1) is 0 Å². The number of hydrogen-bond acceptors (Lipinski definition) is 9. The molecule has 0 aliphatic rings. The van der Waals surface area contributed by atoms with Crippen molar-refractivity contribution in [2.24, 2.45) is 5.92 Å². The Labute approximate surface area is 314 Å². The first-order valence-corrected chi connectivity index (χ1v) is 20.2. The van der Waals surface area contributed by atoms with Gasteiger partial charge in [0.25, 0.3) is 0 Å². The Morgan fingerprint density at radius 1 is 0.558 bits per heavy atom. The van der Waals surface area contributed by atoms with Gasteiger partial charge in [0.2, 0.25) is 11.8 Å². The summed E-state index contributed by atoms with van der Waals surface area (Å²) in [5.41, 5.74) is -0.663. The van der Waals surface area contributed by atoms with Gasteiger partial charge >= 0.3 is 11.9 Å². The zero-order valence-electron chi connectivity index (χ0n) is 33.2. The molecular weight excluding hydrogens is 668 g/mol. The molecule has 12 nitrogen and oxygen atoms in total. The number of aliphatic carboxylic acids is 1. The van der Waals surface area contributed by atoms with Crippen LogP contribution < -0.4 is 10.6 Å². The molecule has 304 valence electrons. The van der Waals surface area contributed by atoms with Crippen LogP contribution >= 0.6 is 0 Å². The number of ether oxygens (including phenoxy) is 4. The second-order valence-electron chi connectivity index (χ2n) is 14.6. The maximum Gasteiger partial charge on any atom is 0.309 e. The number of carbonyl (C=O) groups excluding carboxylic acids is 4. The fraction of sp³-hybridized carbons (Fsp3) is 0.875. The van der Waals surface area contributed by atoms with E-state index < -0.39 is 23.5 Å². The average Bonchev–Trinajstić information content (AvgIpc) is 3.08. The van der Waals surface area contributed by atoms with E-state index in [1.807, 2.05) is 0 Å². The van der Waals surface area contributed by atoms with Crippen LogP contribution in [0.2, 0.25) is 0 Å². The van der Waals surface area contributed by atoms with Crippen LogP contribution in [0.3, 0.4) is 0 Å². The highest BCUT2D eigenvalue weighted by Crippen LogP contribution is 2.20. The molecule has 12 heteroatoms. The molecule has 0 aromatic carbocycles. The first kappa shape index (κ1) is 49.4. The Kier molecular flexibility index (Phi) is 32.5.